The summed E-state index contributed by atoms with van der Waals surface area (Å²) in [6, 6.07) is 23.9. The fraction of sp³-hybridized carbons (Fsp3) is 0. The Bertz CT molecular complexity index is 1140. The van der Waals surface area contributed by atoms with Crippen LogP contribution in [0.5, 0.6) is 0 Å². The van der Waals surface area contributed by atoms with E-state index in [-0.39, 0.29) is 5.56 Å². The van der Waals surface area contributed by atoms with E-state index in [9.17, 15) is 9.59 Å². The third-order valence-electron chi connectivity index (χ3n) is 3.99. The minimum Gasteiger partial charge on any atom is -0.356 e. The lowest BCUT2D eigenvalue weighted by Gasteiger charge is -2.09. The molecule has 0 bridgehead atoms. The Morgan fingerprint density at radius 2 is 1.36 bits per heavy atom. The maximum atomic E-state index is 12.7. The average molecular weight is 329 g/mol. The molecule has 0 aliphatic carbocycles. The van der Waals surface area contributed by atoms with Crippen molar-refractivity contribution in [1.82, 2.24) is 9.55 Å². The summed E-state index contributed by atoms with van der Waals surface area (Å²) < 4.78 is 1.15. The second-order valence-electron chi connectivity index (χ2n) is 5.65. The van der Waals surface area contributed by atoms with Crippen molar-refractivity contribution in [2.75, 3.05) is 5.32 Å². The zero-order chi connectivity index (χ0) is 17.2. The van der Waals surface area contributed by atoms with Crippen LogP contribution in [-0.2, 0) is 0 Å². The monoisotopic (exact) mass is 329 g/mol. The molecule has 0 amide bonds. The van der Waals surface area contributed by atoms with Gasteiger partial charge in [-0.15, -0.1) is 0 Å². The molecule has 0 atom stereocenters. The van der Waals surface area contributed by atoms with Gasteiger partial charge in [0.1, 0.15) is 0 Å². The van der Waals surface area contributed by atoms with Gasteiger partial charge in [0.2, 0.25) is 0 Å². The molecule has 122 valence electrons. The number of anilines is 2. The SMILES string of the molecule is O=c1[nH]c2ccccc2c(=O)n1-c1ccc(Nc2ccccc2)cc1. The van der Waals surface area contributed by atoms with Gasteiger partial charge in [-0.2, -0.15) is 0 Å². The third kappa shape index (κ3) is 2.83. The normalized spacial score (nSPS) is 10.7. The molecule has 4 rings (SSSR count). The van der Waals surface area contributed by atoms with Crippen molar-refractivity contribution in [1.29, 1.82) is 0 Å². The van der Waals surface area contributed by atoms with E-state index in [1.54, 1.807) is 36.4 Å². The van der Waals surface area contributed by atoms with Crippen molar-refractivity contribution in [2.24, 2.45) is 0 Å². The molecule has 5 nitrogen and oxygen atoms in total. The van der Waals surface area contributed by atoms with Crippen molar-refractivity contribution in [2.45, 2.75) is 0 Å². The Morgan fingerprint density at radius 1 is 0.720 bits per heavy atom. The van der Waals surface area contributed by atoms with Crippen LogP contribution in [0, 0.1) is 0 Å². The fourth-order valence-corrected chi connectivity index (χ4v) is 2.78. The molecule has 0 saturated heterocycles. The first-order valence-electron chi connectivity index (χ1n) is 7.89. The summed E-state index contributed by atoms with van der Waals surface area (Å²) in [5.41, 5.74) is 2.12. The molecule has 4 aromatic rings. The summed E-state index contributed by atoms with van der Waals surface area (Å²) in [6.45, 7) is 0. The molecule has 0 spiro atoms. The second kappa shape index (κ2) is 6.13. The number of aromatic amines is 1. The number of benzene rings is 3. The average Bonchev–Trinajstić information content (AvgIpc) is 2.64. The molecule has 1 aromatic heterocycles. The molecule has 3 aromatic carbocycles. The Labute approximate surface area is 143 Å². The minimum atomic E-state index is -0.451. The van der Waals surface area contributed by atoms with Crippen molar-refractivity contribution >= 4 is 22.3 Å². The van der Waals surface area contributed by atoms with Gasteiger partial charge in [0.25, 0.3) is 5.56 Å². The highest BCUT2D eigenvalue weighted by Gasteiger charge is 2.09. The molecule has 0 aliphatic heterocycles. The van der Waals surface area contributed by atoms with Crippen molar-refractivity contribution in [3.05, 3.63) is 99.7 Å². The lowest BCUT2D eigenvalue weighted by atomic mass is 10.2. The highest BCUT2D eigenvalue weighted by atomic mass is 16.2. The maximum absolute atomic E-state index is 12.7. The molecule has 0 fully saturated rings. The standard InChI is InChI=1S/C20H15N3O2/c24-19-17-8-4-5-9-18(17)22-20(25)23(19)16-12-10-15(11-13-16)21-14-6-2-1-3-7-14/h1-13,21H,(H,22,25). The second-order valence-corrected chi connectivity index (χ2v) is 5.65. The quantitative estimate of drug-likeness (QED) is 0.605. The molecule has 0 saturated carbocycles. The number of fused-ring (bicyclic) bond motifs is 1. The van der Waals surface area contributed by atoms with Crippen LogP contribution < -0.4 is 16.6 Å². The summed E-state index contributed by atoms with van der Waals surface area (Å²) in [4.78, 5) is 27.7. The summed E-state index contributed by atoms with van der Waals surface area (Å²) in [5.74, 6) is 0. The smallest absolute Gasteiger partial charge is 0.333 e. The first-order chi connectivity index (χ1) is 12.2. The number of aromatic nitrogens is 2. The first kappa shape index (κ1) is 15.0. The molecule has 0 radical (unpaired) electrons. The van der Waals surface area contributed by atoms with Gasteiger partial charge in [0.05, 0.1) is 16.6 Å². The van der Waals surface area contributed by atoms with Crippen LogP contribution >= 0.6 is 0 Å². The molecular formula is C20H15N3O2. The lowest BCUT2D eigenvalue weighted by molar-refractivity contribution is 0.901. The van der Waals surface area contributed by atoms with Crippen LogP contribution in [0.4, 0.5) is 11.4 Å². The van der Waals surface area contributed by atoms with E-state index in [1.807, 2.05) is 42.5 Å². The van der Waals surface area contributed by atoms with Gasteiger partial charge in [-0.05, 0) is 48.5 Å². The maximum Gasteiger partial charge on any atom is 0.333 e. The van der Waals surface area contributed by atoms with Crippen molar-refractivity contribution < 1.29 is 0 Å². The van der Waals surface area contributed by atoms with Crippen LogP contribution in [0.3, 0.4) is 0 Å². The van der Waals surface area contributed by atoms with Crippen LogP contribution in [0.2, 0.25) is 0 Å². The number of hydrogen-bond acceptors (Lipinski definition) is 3. The van der Waals surface area contributed by atoms with Gasteiger partial charge >= 0.3 is 5.69 Å². The van der Waals surface area contributed by atoms with E-state index >= 15 is 0 Å². The van der Waals surface area contributed by atoms with Gasteiger partial charge in [-0.25, -0.2) is 9.36 Å². The van der Waals surface area contributed by atoms with Crippen molar-refractivity contribution in [3.63, 3.8) is 0 Å². The van der Waals surface area contributed by atoms with Crippen LogP contribution in [0.1, 0.15) is 0 Å². The predicted molar refractivity (Wildman–Crippen MR) is 99.9 cm³/mol. The molecule has 5 heteroatoms. The lowest BCUT2D eigenvalue weighted by Crippen LogP contribution is -2.33. The highest BCUT2D eigenvalue weighted by Crippen LogP contribution is 2.17. The predicted octanol–water partition coefficient (Wildman–Crippen LogP) is 3.42. The van der Waals surface area contributed by atoms with Crippen molar-refractivity contribution in [3.8, 4) is 5.69 Å². The fourth-order valence-electron chi connectivity index (χ4n) is 2.78. The van der Waals surface area contributed by atoms with Gasteiger partial charge in [0, 0.05) is 11.4 Å². The molecule has 0 aliphatic rings. The van der Waals surface area contributed by atoms with E-state index in [1.165, 1.54) is 0 Å². The van der Waals surface area contributed by atoms with Crippen LogP contribution in [0.15, 0.2) is 88.5 Å². The number of rotatable bonds is 3. The summed E-state index contributed by atoms with van der Waals surface area (Å²) in [5, 5.41) is 3.75. The first-order valence-corrected chi connectivity index (χ1v) is 7.89. The van der Waals surface area contributed by atoms with E-state index < -0.39 is 5.69 Å². The zero-order valence-corrected chi connectivity index (χ0v) is 13.3. The van der Waals surface area contributed by atoms with E-state index in [0.717, 1.165) is 15.9 Å². The third-order valence-corrected chi connectivity index (χ3v) is 3.99. The highest BCUT2D eigenvalue weighted by molar-refractivity contribution is 5.77. The van der Waals surface area contributed by atoms with Crippen LogP contribution in [-0.4, -0.2) is 9.55 Å². The van der Waals surface area contributed by atoms with Gasteiger partial charge < -0.3 is 10.3 Å². The number of H-pyrrole nitrogens is 1. The van der Waals surface area contributed by atoms with E-state index in [4.69, 9.17) is 0 Å². The summed E-state index contributed by atoms with van der Waals surface area (Å²) in [7, 11) is 0. The Morgan fingerprint density at radius 3 is 2.12 bits per heavy atom. The van der Waals surface area contributed by atoms with Gasteiger partial charge in [-0.3, -0.25) is 4.79 Å². The van der Waals surface area contributed by atoms with Gasteiger partial charge in [-0.1, -0.05) is 30.3 Å². The zero-order valence-electron chi connectivity index (χ0n) is 13.3. The molecule has 2 N–H and O–H groups in total. The summed E-state index contributed by atoms with van der Waals surface area (Å²) >= 11 is 0. The minimum absolute atomic E-state index is 0.330. The largest absolute Gasteiger partial charge is 0.356 e. The van der Waals surface area contributed by atoms with E-state index in [0.29, 0.717) is 16.6 Å². The molecule has 1 heterocycles. The number of para-hydroxylation sites is 2. The van der Waals surface area contributed by atoms with Crippen LogP contribution in [0.25, 0.3) is 16.6 Å². The van der Waals surface area contributed by atoms with Gasteiger partial charge in [0.15, 0.2) is 0 Å². The topological polar surface area (TPSA) is 66.9 Å². The number of nitrogens with zero attached hydrogens (tertiary/aromatic N) is 1. The number of hydrogen-bond donors (Lipinski definition) is 2. The van der Waals surface area contributed by atoms with E-state index in [2.05, 4.69) is 10.3 Å². The number of nitrogens with one attached hydrogen (secondary N) is 2. The Hall–Kier alpha value is -3.60. The molecular weight excluding hydrogens is 314 g/mol. The Kier molecular flexibility index (Phi) is 3.67. The molecule has 0 unspecified atom stereocenters. The summed E-state index contributed by atoms with van der Waals surface area (Å²) in [6.07, 6.45) is 0. The molecule has 25 heavy (non-hydrogen) atoms. The Balaban J connectivity index is 1.74.